The SMILES string of the molecule is O=C1CC(NC(=O)c2ccccc2[N+](=O)[O-])C(=O)N1. The topological polar surface area (TPSA) is 118 Å². The van der Waals surface area contributed by atoms with Gasteiger partial charge < -0.3 is 5.32 Å². The normalized spacial score (nSPS) is 18.0. The number of imide groups is 1. The quantitative estimate of drug-likeness (QED) is 0.442. The van der Waals surface area contributed by atoms with Gasteiger partial charge in [0.2, 0.25) is 11.8 Å². The van der Waals surface area contributed by atoms with E-state index < -0.39 is 28.7 Å². The number of amides is 3. The van der Waals surface area contributed by atoms with Gasteiger partial charge in [-0.3, -0.25) is 29.8 Å². The number of benzene rings is 1. The van der Waals surface area contributed by atoms with E-state index in [2.05, 4.69) is 5.32 Å². The van der Waals surface area contributed by atoms with Crippen molar-refractivity contribution in [2.75, 3.05) is 0 Å². The third-order valence-electron chi connectivity index (χ3n) is 2.62. The number of nitro benzene ring substituents is 1. The lowest BCUT2D eigenvalue weighted by Gasteiger charge is -2.09. The zero-order chi connectivity index (χ0) is 14.0. The van der Waals surface area contributed by atoms with Gasteiger partial charge in [-0.05, 0) is 6.07 Å². The number of hydrogen-bond acceptors (Lipinski definition) is 5. The molecular formula is C11H9N3O5. The highest BCUT2D eigenvalue weighted by atomic mass is 16.6. The molecule has 1 fully saturated rings. The lowest BCUT2D eigenvalue weighted by atomic mass is 10.1. The Kier molecular flexibility index (Phi) is 3.23. The number of carbonyl (C=O) groups excluding carboxylic acids is 3. The van der Waals surface area contributed by atoms with Crippen LogP contribution in [0.3, 0.4) is 0 Å². The fourth-order valence-corrected chi connectivity index (χ4v) is 1.73. The molecule has 1 saturated heterocycles. The molecule has 0 aromatic heterocycles. The number of nitro groups is 1. The van der Waals surface area contributed by atoms with E-state index in [9.17, 15) is 24.5 Å². The standard InChI is InChI=1S/C11H9N3O5/c15-9-5-7(11(17)13-9)12-10(16)6-3-1-2-4-8(6)14(18)19/h1-4,7H,5H2,(H,12,16)(H,13,15,17). The van der Waals surface area contributed by atoms with Crippen LogP contribution in [0.5, 0.6) is 0 Å². The van der Waals surface area contributed by atoms with Crippen LogP contribution in [0.2, 0.25) is 0 Å². The van der Waals surface area contributed by atoms with Crippen LogP contribution >= 0.6 is 0 Å². The summed E-state index contributed by atoms with van der Waals surface area (Å²) in [4.78, 5) is 44.2. The molecule has 8 nitrogen and oxygen atoms in total. The predicted octanol–water partition coefficient (Wildman–Crippen LogP) is -0.260. The molecule has 1 unspecified atom stereocenters. The van der Waals surface area contributed by atoms with Crippen molar-refractivity contribution in [3.05, 3.63) is 39.9 Å². The Balaban J connectivity index is 2.19. The second-order valence-electron chi connectivity index (χ2n) is 3.92. The van der Waals surface area contributed by atoms with Crippen LogP contribution in [0, 0.1) is 10.1 Å². The van der Waals surface area contributed by atoms with Crippen LogP contribution in [0.4, 0.5) is 5.69 Å². The molecule has 1 aromatic carbocycles. The number of hydrogen-bond donors (Lipinski definition) is 2. The molecule has 1 aliphatic rings. The number of para-hydroxylation sites is 1. The molecule has 19 heavy (non-hydrogen) atoms. The van der Waals surface area contributed by atoms with Gasteiger partial charge in [-0.25, -0.2) is 0 Å². The highest BCUT2D eigenvalue weighted by Gasteiger charge is 2.33. The Morgan fingerprint density at radius 2 is 2.05 bits per heavy atom. The maximum absolute atomic E-state index is 11.9. The molecule has 8 heteroatoms. The summed E-state index contributed by atoms with van der Waals surface area (Å²) < 4.78 is 0. The zero-order valence-corrected chi connectivity index (χ0v) is 9.58. The minimum Gasteiger partial charge on any atom is -0.339 e. The van der Waals surface area contributed by atoms with Crippen molar-refractivity contribution in [3.63, 3.8) is 0 Å². The Hall–Kier alpha value is -2.77. The summed E-state index contributed by atoms with van der Waals surface area (Å²) in [5.74, 6) is -1.86. The van der Waals surface area contributed by atoms with E-state index in [4.69, 9.17) is 0 Å². The summed E-state index contributed by atoms with van der Waals surface area (Å²) in [6.07, 6.45) is -0.162. The monoisotopic (exact) mass is 263 g/mol. The van der Waals surface area contributed by atoms with Crippen LogP contribution in [0.1, 0.15) is 16.8 Å². The van der Waals surface area contributed by atoms with Gasteiger partial charge in [-0.2, -0.15) is 0 Å². The number of nitrogens with zero attached hydrogens (tertiary/aromatic N) is 1. The molecule has 1 heterocycles. The van der Waals surface area contributed by atoms with Crippen molar-refractivity contribution in [2.24, 2.45) is 0 Å². The largest absolute Gasteiger partial charge is 0.339 e. The van der Waals surface area contributed by atoms with Gasteiger partial charge >= 0.3 is 0 Å². The van der Waals surface area contributed by atoms with Gasteiger partial charge in [-0.15, -0.1) is 0 Å². The van der Waals surface area contributed by atoms with Crippen molar-refractivity contribution in [1.29, 1.82) is 0 Å². The molecule has 2 N–H and O–H groups in total. The fourth-order valence-electron chi connectivity index (χ4n) is 1.73. The maximum atomic E-state index is 11.9. The zero-order valence-electron chi connectivity index (χ0n) is 9.58. The smallest absolute Gasteiger partial charge is 0.282 e. The highest BCUT2D eigenvalue weighted by Crippen LogP contribution is 2.17. The van der Waals surface area contributed by atoms with E-state index in [1.807, 2.05) is 5.32 Å². The van der Waals surface area contributed by atoms with E-state index in [-0.39, 0.29) is 17.7 Å². The Bertz CT molecular complexity index is 583. The van der Waals surface area contributed by atoms with Crippen molar-refractivity contribution in [2.45, 2.75) is 12.5 Å². The first-order valence-electron chi connectivity index (χ1n) is 5.37. The fraction of sp³-hybridized carbons (Fsp3) is 0.182. The molecule has 98 valence electrons. The summed E-state index contributed by atoms with van der Waals surface area (Å²) in [6.45, 7) is 0. The Morgan fingerprint density at radius 3 is 2.63 bits per heavy atom. The molecular weight excluding hydrogens is 254 g/mol. The second-order valence-corrected chi connectivity index (χ2v) is 3.92. The molecule has 2 rings (SSSR count). The van der Waals surface area contributed by atoms with Gasteiger partial charge in [0, 0.05) is 6.07 Å². The first kappa shape index (κ1) is 12.7. The molecule has 3 amide bonds. The first-order valence-corrected chi connectivity index (χ1v) is 5.37. The van der Waals surface area contributed by atoms with Crippen molar-refractivity contribution >= 4 is 23.4 Å². The van der Waals surface area contributed by atoms with E-state index in [1.165, 1.54) is 24.3 Å². The van der Waals surface area contributed by atoms with Crippen molar-refractivity contribution < 1.29 is 19.3 Å². The van der Waals surface area contributed by atoms with Gasteiger partial charge in [0.1, 0.15) is 11.6 Å². The Labute approximate surface area is 106 Å². The van der Waals surface area contributed by atoms with Gasteiger partial charge in [0.25, 0.3) is 11.6 Å². The van der Waals surface area contributed by atoms with Crippen LogP contribution in [0.25, 0.3) is 0 Å². The van der Waals surface area contributed by atoms with Crippen molar-refractivity contribution in [3.8, 4) is 0 Å². The number of nitrogens with one attached hydrogen (secondary N) is 2. The second kappa shape index (κ2) is 4.84. The molecule has 0 saturated carbocycles. The maximum Gasteiger partial charge on any atom is 0.282 e. The minimum atomic E-state index is -0.986. The number of rotatable bonds is 3. The summed E-state index contributed by atoms with van der Waals surface area (Å²) >= 11 is 0. The van der Waals surface area contributed by atoms with Crippen LogP contribution < -0.4 is 10.6 Å². The predicted molar refractivity (Wildman–Crippen MR) is 62.1 cm³/mol. The first-order chi connectivity index (χ1) is 8.99. The Morgan fingerprint density at radius 1 is 1.37 bits per heavy atom. The van der Waals surface area contributed by atoms with Crippen molar-refractivity contribution in [1.82, 2.24) is 10.6 Å². The van der Waals surface area contributed by atoms with Gasteiger partial charge in [-0.1, -0.05) is 12.1 Å². The van der Waals surface area contributed by atoms with Crippen LogP contribution in [-0.4, -0.2) is 28.7 Å². The molecule has 1 aromatic rings. The van der Waals surface area contributed by atoms with Gasteiger partial charge in [0.05, 0.1) is 11.3 Å². The molecule has 0 spiro atoms. The summed E-state index contributed by atoms with van der Waals surface area (Å²) in [6, 6.07) is 4.39. The molecule has 0 radical (unpaired) electrons. The summed E-state index contributed by atoms with van der Waals surface area (Å²) in [5, 5.41) is 15.1. The lowest BCUT2D eigenvalue weighted by molar-refractivity contribution is -0.385. The van der Waals surface area contributed by atoms with E-state index in [0.717, 1.165) is 0 Å². The number of carbonyl (C=O) groups is 3. The highest BCUT2D eigenvalue weighted by molar-refractivity contribution is 6.08. The molecule has 0 aliphatic carbocycles. The van der Waals surface area contributed by atoms with E-state index in [1.54, 1.807) is 0 Å². The lowest BCUT2D eigenvalue weighted by Crippen LogP contribution is -2.40. The minimum absolute atomic E-state index is 0.153. The molecule has 1 aliphatic heterocycles. The van der Waals surface area contributed by atoms with Gasteiger partial charge in [0.15, 0.2) is 0 Å². The van der Waals surface area contributed by atoms with Crippen LogP contribution in [-0.2, 0) is 9.59 Å². The van der Waals surface area contributed by atoms with E-state index in [0.29, 0.717) is 0 Å². The average molecular weight is 263 g/mol. The molecule has 0 bridgehead atoms. The summed E-state index contributed by atoms with van der Waals surface area (Å²) in [7, 11) is 0. The molecule has 1 atom stereocenters. The third kappa shape index (κ3) is 2.57. The summed E-state index contributed by atoms with van der Waals surface area (Å²) in [5.41, 5.74) is -0.510. The third-order valence-corrected chi connectivity index (χ3v) is 2.62. The van der Waals surface area contributed by atoms with E-state index >= 15 is 0 Å². The van der Waals surface area contributed by atoms with Crippen LogP contribution in [0.15, 0.2) is 24.3 Å². The average Bonchev–Trinajstić information content (AvgIpc) is 2.67.